The molecule has 0 aromatic heterocycles. The molecule has 2 saturated carbocycles. The molecule has 0 radical (unpaired) electrons. The minimum absolute atomic E-state index is 0.388. The van der Waals surface area contributed by atoms with E-state index >= 15 is 0 Å². The third kappa shape index (κ3) is 2.47. The van der Waals surface area contributed by atoms with E-state index < -0.39 is 0 Å². The van der Waals surface area contributed by atoms with E-state index in [0.29, 0.717) is 23.0 Å². The number of nitrogens with zero attached hydrogens (tertiary/aromatic N) is 2. The first-order valence-electron chi connectivity index (χ1n) is 9.39. The summed E-state index contributed by atoms with van der Waals surface area (Å²) in [6.07, 6.45) is 8.02. The van der Waals surface area contributed by atoms with Crippen LogP contribution in [-0.2, 0) is 9.47 Å². The van der Waals surface area contributed by atoms with Gasteiger partial charge in [-0.1, -0.05) is 6.42 Å². The minimum atomic E-state index is 0.388. The van der Waals surface area contributed by atoms with Crippen LogP contribution in [0.15, 0.2) is 4.99 Å². The first-order chi connectivity index (χ1) is 11.2. The lowest BCUT2D eigenvalue weighted by atomic mass is 9.51. The first-order valence-corrected chi connectivity index (χ1v) is 9.39. The van der Waals surface area contributed by atoms with Gasteiger partial charge in [0.2, 0.25) is 0 Å². The molecule has 3 unspecified atom stereocenters. The largest absolute Gasteiger partial charge is 0.381 e. The van der Waals surface area contributed by atoms with Crippen LogP contribution in [0, 0.1) is 10.8 Å². The Bertz CT molecular complexity index is 469. The Morgan fingerprint density at radius 1 is 1.35 bits per heavy atom. The Balaban J connectivity index is 1.38. The maximum Gasteiger partial charge on any atom is 0.193 e. The molecule has 2 heterocycles. The van der Waals surface area contributed by atoms with Gasteiger partial charge in [-0.05, 0) is 39.0 Å². The average molecular weight is 321 g/mol. The second-order valence-electron chi connectivity index (χ2n) is 7.98. The molecule has 1 N–H and O–H groups in total. The fourth-order valence-electron chi connectivity index (χ4n) is 5.18. The summed E-state index contributed by atoms with van der Waals surface area (Å²) in [6.45, 7) is 7.02. The number of ether oxygens (including phenoxy) is 2. The van der Waals surface area contributed by atoms with E-state index in [4.69, 9.17) is 9.47 Å². The molecule has 2 aliphatic heterocycles. The van der Waals surface area contributed by atoms with Crippen LogP contribution in [0.1, 0.15) is 45.4 Å². The minimum Gasteiger partial charge on any atom is -0.381 e. The van der Waals surface area contributed by atoms with Gasteiger partial charge in [0.15, 0.2) is 5.96 Å². The maximum absolute atomic E-state index is 5.97. The van der Waals surface area contributed by atoms with Gasteiger partial charge in [-0.3, -0.25) is 4.99 Å². The van der Waals surface area contributed by atoms with Crippen molar-refractivity contribution in [1.82, 2.24) is 10.2 Å². The van der Waals surface area contributed by atoms with Crippen molar-refractivity contribution in [3.8, 4) is 0 Å². The molecular weight excluding hydrogens is 290 g/mol. The van der Waals surface area contributed by atoms with Crippen molar-refractivity contribution < 1.29 is 9.47 Å². The van der Waals surface area contributed by atoms with Crippen LogP contribution in [0.25, 0.3) is 0 Å². The molecule has 0 amide bonds. The molecule has 2 spiro atoms. The zero-order chi connectivity index (χ0) is 15.9. The first kappa shape index (κ1) is 15.7. The SMILES string of the molecule is CCOC1CC(NC(=NC)N2CCC3(CCOC3)C2)C12CCC2. The van der Waals surface area contributed by atoms with Crippen LogP contribution in [0.5, 0.6) is 0 Å². The molecule has 3 atom stereocenters. The predicted octanol–water partition coefficient (Wildman–Crippen LogP) is 2.02. The van der Waals surface area contributed by atoms with Gasteiger partial charge >= 0.3 is 0 Å². The van der Waals surface area contributed by atoms with Gasteiger partial charge in [0, 0.05) is 50.2 Å². The quantitative estimate of drug-likeness (QED) is 0.638. The maximum atomic E-state index is 5.97. The van der Waals surface area contributed by atoms with Crippen LogP contribution in [0.3, 0.4) is 0 Å². The van der Waals surface area contributed by atoms with E-state index in [-0.39, 0.29) is 0 Å². The second kappa shape index (κ2) is 5.92. The molecule has 2 aliphatic carbocycles. The zero-order valence-electron chi connectivity index (χ0n) is 14.6. The fraction of sp³-hybridized carbons (Fsp3) is 0.944. The van der Waals surface area contributed by atoms with Crippen molar-refractivity contribution in [2.45, 2.75) is 57.6 Å². The van der Waals surface area contributed by atoms with Crippen molar-refractivity contribution in [1.29, 1.82) is 0 Å². The summed E-state index contributed by atoms with van der Waals surface area (Å²) in [4.78, 5) is 7.04. The van der Waals surface area contributed by atoms with E-state index in [1.54, 1.807) is 0 Å². The average Bonchev–Trinajstić information content (AvgIpc) is 3.11. The van der Waals surface area contributed by atoms with E-state index in [9.17, 15) is 0 Å². The van der Waals surface area contributed by atoms with Crippen molar-refractivity contribution in [3.63, 3.8) is 0 Å². The fourth-order valence-corrected chi connectivity index (χ4v) is 5.18. The summed E-state index contributed by atoms with van der Waals surface area (Å²) < 4.78 is 11.6. The third-order valence-electron chi connectivity index (χ3n) is 6.88. The number of hydrogen-bond acceptors (Lipinski definition) is 3. The monoisotopic (exact) mass is 321 g/mol. The molecule has 4 fully saturated rings. The zero-order valence-corrected chi connectivity index (χ0v) is 14.6. The highest BCUT2D eigenvalue weighted by Crippen LogP contribution is 2.57. The summed E-state index contributed by atoms with van der Waals surface area (Å²) in [5.41, 5.74) is 0.777. The Hall–Kier alpha value is -0.810. The van der Waals surface area contributed by atoms with Crippen LogP contribution < -0.4 is 5.32 Å². The molecular formula is C18H31N3O2. The number of likely N-dealkylation sites (tertiary alicyclic amines) is 1. The molecule has 0 aromatic carbocycles. The summed E-state index contributed by atoms with van der Waals surface area (Å²) in [6, 6.07) is 0.544. The number of guanidine groups is 1. The number of aliphatic imine (C=N–C) groups is 1. The highest BCUT2D eigenvalue weighted by molar-refractivity contribution is 5.81. The van der Waals surface area contributed by atoms with E-state index in [1.807, 2.05) is 7.05 Å². The van der Waals surface area contributed by atoms with E-state index in [1.165, 1.54) is 32.1 Å². The Morgan fingerprint density at radius 3 is 2.83 bits per heavy atom. The molecule has 5 heteroatoms. The summed E-state index contributed by atoms with van der Waals surface area (Å²) in [5, 5.41) is 3.79. The molecule has 0 aromatic rings. The highest BCUT2D eigenvalue weighted by Gasteiger charge is 2.59. The molecule has 130 valence electrons. The molecule has 23 heavy (non-hydrogen) atoms. The standard InChI is InChI=1S/C18H31N3O2/c1-3-23-15-11-14(18(15)5-4-6-18)20-16(19-2)21-9-7-17(12-21)8-10-22-13-17/h14-15H,3-13H2,1-2H3,(H,19,20). The molecule has 4 aliphatic rings. The topological polar surface area (TPSA) is 46.1 Å². The normalized spacial score (nSPS) is 38.9. The van der Waals surface area contributed by atoms with Gasteiger partial charge in [-0.2, -0.15) is 0 Å². The second-order valence-corrected chi connectivity index (χ2v) is 7.98. The van der Waals surface area contributed by atoms with Crippen molar-refractivity contribution in [2.24, 2.45) is 15.8 Å². The molecule has 0 bridgehead atoms. The lowest BCUT2D eigenvalue weighted by Crippen LogP contribution is -2.68. The Morgan fingerprint density at radius 2 is 2.22 bits per heavy atom. The van der Waals surface area contributed by atoms with Gasteiger partial charge in [0.05, 0.1) is 12.7 Å². The van der Waals surface area contributed by atoms with Gasteiger partial charge in [-0.15, -0.1) is 0 Å². The lowest BCUT2D eigenvalue weighted by molar-refractivity contribution is -0.168. The summed E-state index contributed by atoms with van der Waals surface area (Å²) >= 11 is 0. The van der Waals surface area contributed by atoms with Gasteiger partial charge < -0.3 is 19.7 Å². The lowest BCUT2D eigenvalue weighted by Gasteiger charge is -2.61. The molecule has 4 rings (SSSR count). The Labute approximate surface area is 139 Å². The van der Waals surface area contributed by atoms with Gasteiger partial charge in [0.25, 0.3) is 0 Å². The van der Waals surface area contributed by atoms with Crippen LogP contribution in [0.4, 0.5) is 0 Å². The molecule has 5 nitrogen and oxygen atoms in total. The van der Waals surface area contributed by atoms with Crippen LogP contribution in [0.2, 0.25) is 0 Å². The van der Waals surface area contributed by atoms with Crippen molar-refractivity contribution in [2.75, 3.05) is 40.0 Å². The number of nitrogens with one attached hydrogen (secondary N) is 1. The number of hydrogen-bond donors (Lipinski definition) is 1. The summed E-state index contributed by atoms with van der Waals surface area (Å²) in [5.74, 6) is 1.10. The molecule has 2 saturated heterocycles. The predicted molar refractivity (Wildman–Crippen MR) is 90.7 cm³/mol. The van der Waals surface area contributed by atoms with Gasteiger partial charge in [-0.25, -0.2) is 0 Å². The van der Waals surface area contributed by atoms with Gasteiger partial charge in [0.1, 0.15) is 0 Å². The van der Waals surface area contributed by atoms with Crippen LogP contribution in [-0.4, -0.2) is 63.0 Å². The third-order valence-corrected chi connectivity index (χ3v) is 6.88. The van der Waals surface area contributed by atoms with Crippen LogP contribution >= 0.6 is 0 Å². The highest BCUT2D eigenvalue weighted by atomic mass is 16.5. The van der Waals surface area contributed by atoms with Crippen molar-refractivity contribution in [3.05, 3.63) is 0 Å². The summed E-state index contributed by atoms with van der Waals surface area (Å²) in [7, 11) is 1.92. The number of rotatable bonds is 3. The Kier molecular flexibility index (Phi) is 4.04. The smallest absolute Gasteiger partial charge is 0.193 e. The van der Waals surface area contributed by atoms with Crippen molar-refractivity contribution >= 4 is 5.96 Å². The van der Waals surface area contributed by atoms with E-state index in [2.05, 4.69) is 22.1 Å². The van der Waals surface area contributed by atoms with E-state index in [0.717, 1.165) is 45.3 Å².